The Morgan fingerprint density at radius 3 is 1.85 bits per heavy atom. The van der Waals surface area contributed by atoms with Crippen molar-refractivity contribution >= 4 is 7.82 Å². The van der Waals surface area contributed by atoms with Gasteiger partial charge in [0.05, 0.1) is 0 Å². The molecular weight excluding hydrogens is 279 g/mol. The van der Waals surface area contributed by atoms with Crippen LogP contribution in [0.5, 0.6) is 0 Å². The molecule has 0 spiro atoms. The largest absolute Gasteiger partial charge is 0.496 e. The second kappa shape index (κ2) is 8.64. The van der Waals surface area contributed by atoms with E-state index in [1.54, 1.807) is 24.3 Å². The molecule has 0 amide bonds. The Hall–Kier alpha value is -1.49. The summed E-state index contributed by atoms with van der Waals surface area (Å²) in [6.07, 6.45) is 0. The van der Waals surface area contributed by atoms with Gasteiger partial charge in [-0.15, -0.1) is 4.67 Å². The monoisotopic (exact) mass is 296 g/mol. The van der Waals surface area contributed by atoms with Crippen molar-refractivity contribution in [1.29, 1.82) is 0 Å². The minimum absolute atomic E-state index is 0.00590. The molecule has 0 atom stereocenters. The lowest BCUT2D eigenvalue weighted by Gasteiger charge is -2.03. The zero-order valence-corrected chi connectivity index (χ0v) is 11.9. The molecule has 6 heteroatoms. The van der Waals surface area contributed by atoms with E-state index < -0.39 is 7.82 Å². The van der Waals surface area contributed by atoms with Crippen molar-refractivity contribution in [2.24, 2.45) is 0 Å². The molecule has 0 aliphatic rings. The summed E-state index contributed by atoms with van der Waals surface area (Å²) in [7, 11) is -4.52. The quantitative estimate of drug-likeness (QED) is 0.514. The van der Waals surface area contributed by atoms with Crippen LogP contribution in [0.1, 0.15) is 11.1 Å². The Morgan fingerprint density at radius 2 is 1.45 bits per heavy atom. The van der Waals surface area contributed by atoms with Gasteiger partial charge in [-0.05, 0) is 12.5 Å². The fraction of sp³-hybridized carbons (Fsp3) is 0.143. The molecule has 0 radical (unpaired) electrons. The first-order valence-electron chi connectivity index (χ1n) is 5.90. The van der Waals surface area contributed by atoms with E-state index in [9.17, 15) is 4.57 Å². The smallest absolute Gasteiger partial charge is 0.301 e. The van der Waals surface area contributed by atoms with Crippen molar-refractivity contribution < 1.29 is 23.9 Å². The van der Waals surface area contributed by atoms with Gasteiger partial charge in [0.15, 0.2) is 0 Å². The minimum Gasteiger partial charge on any atom is -0.301 e. The Bertz CT molecular complexity index is 524. The summed E-state index contributed by atoms with van der Waals surface area (Å²) >= 11 is 0. The van der Waals surface area contributed by atoms with Crippen LogP contribution in [0.3, 0.4) is 0 Å². The fourth-order valence-electron chi connectivity index (χ4n) is 1.27. The molecule has 0 heterocycles. The number of aryl methyl sites for hydroxylation is 1. The standard InChI is InChI=1S/C7H9O5P.C7H8/c8-13(9,10)12-11-6-7-4-2-1-3-5-7;1-7-5-3-2-4-6-7/h1-5H,6H2,(H2,8,9,10);2-6H,1H3. The first-order chi connectivity index (χ1) is 9.47. The van der Waals surface area contributed by atoms with Crippen molar-refractivity contribution in [2.75, 3.05) is 0 Å². The number of benzene rings is 2. The molecule has 0 aromatic heterocycles. The van der Waals surface area contributed by atoms with Gasteiger partial charge in [-0.1, -0.05) is 66.2 Å². The van der Waals surface area contributed by atoms with Crippen LogP contribution in [0.15, 0.2) is 60.7 Å². The summed E-state index contributed by atoms with van der Waals surface area (Å²) < 4.78 is 14.0. The normalized spacial score (nSPS) is 10.6. The van der Waals surface area contributed by atoms with Gasteiger partial charge in [0, 0.05) is 0 Å². The van der Waals surface area contributed by atoms with Crippen molar-refractivity contribution in [2.45, 2.75) is 13.5 Å². The predicted molar refractivity (Wildman–Crippen MR) is 75.5 cm³/mol. The third-order valence-electron chi connectivity index (χ3n) is 2.16. The van der Waals surface area contributed by atoms with Crippen molar-refractivity contribution in [3.63, 3.8) is 0 Å². The van der Waals surface area contributed by atoms with Gasteiger partial charge in [-0.25, -0.2) is 9.45 Å². The highest BCUT2D eigenvalue weighted by Gasteiger charge is 2.14. The summed E-state index contributed by atoms with van der Waals surface area (Å²) in [5.74, 6) is 0. The molecular formula is C14H17O5P. The molecule has 20 heavy (non-hydrogen) atoms. The van der Waals surface area contributed by atoms with Crippen LogP contribution in [0.2, 0.25) is 0 Å². The van der Waals surface area contributed by atoms with E-state index in [-0.39, 0.29) is 6.61 Å². The van der Waals surface area contributed by atoms with Crippen LogP contribution < -0.4 is 0 Å². The first kappa shape index (κ1) is 16.6. The highest BCUT2D eigenvalue weighted by molar-refractivity contribution is 7.46. The molecule has 0 saturated heterocycles. The van der Waals surface area contributed by atoms with Crippen LogP contribution in [0.4, 0.5) is 0 Å². The zero-order chi connectivity index (χ0) is 14.8. The maximum Gasteiger partial charge on any atom is 0.496 e. The summed E-state index contributed by atoms with van der Waals surface area (Å²) in [6.45, 7) is 2.09. The predicted octanol–water partition coefficient (Wildman–Crippen LogP) is 3.22. The topological polar surface area (TPSA) is 76.0 Å². The van der Waals surface area contributed by atoms with Gasteiger partial charge in [-0.2, -0.15) is 0 Å². The van der Waals surface area contributed by atoms with Crippen LogP contribution in [0.25, 0.3) is 0 Å². The Kier molecular flexibility index (Phi) is 7.15. The van der Waals surface area contributed by atoms with Gasteiger partial charge in [0.25, 0.3) is 0 Å². The Morgan fingerprint density at radius 1 is 0.950 bits per heavy atom. The lowest BCUT2D eigenvalue weighted by molar-refractivity contribution is -0.232. The molecule has 2 N–H and O–H groups in total. The third kappa shape index (κ3) is 8.58. The molecule has 2 rings (SSSR count). The maximum atomic E-state index is 10.2. The number of phosphoric acid groups is 1. The zero-order valence-electron chi connectivity index (χ0n) is 11.0. The number of hydrogen-bond donors (Lipinski definition) is 2. The fourth-order valence-corrected chi connectivity index (χ4v) is 1.46. The minimum atomic E-state index is -4.52. The van der Waals surface area contributed by atoms with Crippen molar-refractivity contribution in [1.82, 2.24) is 0 Å². The van der Waals surface area contributed by atoms with E-state index in [0.717, 1.165) is 5.56 Å². The molecule has 0 aliphatic heterocycles. The average molecular weight is 296 g/mol. The maximum absolute atomic E-state index is 10.2. The highest BCUT2D eigenvalue weighted by atomic mass is 31.2. The molecule has 0 bridgehead atoms. The lowest BCUT2D eigenvalue weighted by Crippen LogP contribution is -1.93. The molecule has 108 valence electrons. The van der Waals surface area contributed by atoms with Crippen LogP contribution in [0, 0.1) is 6.92 Å². The van der Waals surface area contributed by atoms with Crippen LogP contribution >= 0.6 is 7.82 Å². The van der Waals surface area contributed by atoms with Gasteiger partial charge in [0.2, 0.25) is 0 Å². The summed E-state index contributed by atoms with van der Waals surface area (Å²) in [5, 5.41) is 0. The molecule has 0 fully saturated rings. The van der Waals surface area contributed by atoms with E-state index in [1.165, 1.54) is 5.56 Å². The number of hydrogen-bond acceptors (Lipinski definition) is 3. The second-order valence-electron chi connectivity index (χ2n) is 3.97. The van der Waals surface area contributed by atoms with E-state index in [1.807, 2.05) is 24.3 Å². The molecule has 5 nitrogen and oxygen atoms in total. The second-order valence-corrected chi connectivity index (χ2v) is 5.10. The van der Waals surface area contributed by atoms with E-state index >= 15 is 0 Å². The Labute approximate surface area is 118 Å². The lowest BCUT2D eigenvalue weighted by atomic mass is 10.2. The van der Waals surface area contributed by atoms with E-state index in [0.29, 0.717) is 0 Å². The van der Waals surface area contributed by atoms with Gasteiger partial charge in [0.1, 0.15) is 6.61 Å². The van der Waals surface area contributed by atoms with Crippen molar-refractivity contribution in [3.05, 3.63) is 71.8 Å². The van der Waals surface area contributed by atoms with Gasteiger partial charge >= 0.3 is 7.82 Å². The van der Waals surface area contributed by atoms with Gasteiger partial charge in [-0.3, -0.25) is 0 Å². The van der Waals surface area contributed by atoms with Crippen molar-refractivity contribution in [3.8, 4) is 0 Å². The summed E-state index contributed by atoms with van der Waals surface area (Å²) in [4.78, 5) is 20.8. The number of rotatable bonds is 4. The average Bonchev–Trinajstić information content (AvgIpc) is 2.40. The SMILES string of the molecule is Cc1ccccc1.O=P(O)(O)OOCc1ccccc1. The first-order valence-corrected chi connectivity index (χ1v) is 7.43. The molecule has 2 aromatic carbocycles. The summed E-state index contributed by atoms with van der Waals surface area (Å²) in [5.41, 5.74) is 2.10. The van der Waals surface area contributed by atoms with E-state index in [4.69, 9.17) is 9.79 Å². The summed E-state index contributed by atoms with van der Waals surface area (Å²) in [6, 6.07) is 19.2. The molecule has 0 aliphatic carbocycles. The molecule has 0 saturated carbocycles. The van der Waals surface area contributed by atoms with E-state index in [2.05, 4.69) is 28.6 Å². The molecule has 2 aromatic rings. The van der Waals surface area contributed by atoms with Crippen LogP contribution in [-0.4, -0.2) is 9.79 Å². The highest BCUT2D eigenvalue weighted by Crippen LogP contribution is 2.36. The Balaban J connectivity index is 0.000000240. The van der Waals surface area contributed by atoms with Gasteiger partial charge < -0.3 is 9.79 Å². The molecule has 0 unspecified atom stereocenters. The van der Waals surface area contributed by atoms with Crippen LogP contribution in [-0.2, 0) is 20.7 Å². The third-order valence-corrected chi connectivity index (χ3v) is 2.46.